The Bertz CT molecular complexity index is 953. The summed E-state index contributed by atoms with van der Waals surface area (Å²) in [7, 11) is 0. The standard InChI is InChI=1S/C18H19N3O4/c1-4-15-13(18(23)24)8-16(25-15)17(22)20-12-6-5-11-9-19-21(10(2)3)14(11)7-12/h5-10H,4H2,1-3H3,(H,20,22)(H,23,24). The number of carboxylic acids is 1. The second kappa shape index (κ2) is 6.43. The van der Waals surface area contributed by atoms with Gasteiger partial charge in [0.1, 0.15) is 11.3 Å². The first-order chi connectivity index (χ1) is 11.9. The predicted molar refractivity (Wildman–Crippen MR) is 93.1 cm³/mol. The van der Waals surface area contributed by atoms with E-state index in [1.807, 2.05) is 30.7 Å². The van der Waals surface area contributed by atoms with Crippen molar-refractivity contribution in [2.75, 3.05) is 5.32 Å². The second-order valence-corrected chi connectivity index (χ2v) is 6.02. The number of aromatic carboxylic acids is 1. The lowest BCUT2D eigenvalue weighted by atomic mass is 10.2. The van der Waals surface area contributed by atoms with Crippen LogP contribution in [-0.2, 0) is 6.42 Å². The van der Waals surface area contributed by atoms with Gasteiger partial charge in [0.25, 0.3) is 5.91 Å². The number of hydrogen-bond acceptors (Lipinski definition) is 4. The van der Waals surface area contributed by atoms with E-state index >= 15 is 0 Å². The molecule has 7 heteroatoms. The van der Waals surface area contributed by atoms with Crippen molar-refractivity contribution in [2.45, 2.75) is 33.2 Å². The smallest absolute Gasteiger partial charge is 0.339 e. The van der Waals surface area contributed by atoms with E-state index in [1.165, 1.54) is 6.07 Å². The second-order valence-electron chi connectivity index (χ2n) is 6.02. The Morgan fingerprint density at radius 3 is 2.68 bits per heavy atom. The number of amides is 1. The molecule has 0 fully saturated rings. The van der Waals surface area contributed by atoms with Gasteiger partial charge in [-0.1, -0.05) is 6.92 Å². The van der Waals surface area contributed by atoms with Gasteiger partial charge in [0, 0.05) is 29.6 Å². The molecule has 2 aromatic heterocycles. The van der Waals surface area contributed by atoms with Gasteiger partial charge in [-0.2, -0.15) is 5.10 Å². The third-order valence-corrected chi connectivity index (χ3v) is 3.93. The highest BCUT2D eigenvalue weighted by molar-refractivity contribution is 6.04. The summed E-state index contributed by atoms with van der Waals surface area (Å²) in [5.41, 5.74) is 1.51. The molecule has 3 aromatic rings. The Hall–Kier alpha value is -3.09. The number of fused-ring (bicyclic) bond motifs is 1. The average molecular weight is 341 g/mol. The molecule has 1 amide bonds. The number of carbonyl (C=O) groups is 2. The van der Waals surface area contributed by atoms with Gasteiger partial charge < -0.3 is 14.8 Å². The molecule has 0 bridgehead atoms. The highest BCUT2D eigenvalue weighted by Gasteiger charge is 2.20. The molecule has 130 valence electrons. The van der Waals surface area contributed by atoms with Gasteiger partial charge in [0.2, 0.25) is 0 Å². The van der Waals surface area contributed by atoms with Crippen molar-refractivity contribution in [3.05, 3.63) is 47.5 Å². The van der Waals surface area contributed by atoms with E-state index in [0.717, 1.165) is 10.9 Å². The molecule has 1 aromatic carbocycles. The largest absolute Gasteiger partial charge is 0.478 e. The van der Waals surface area contributed by atoms with Crippen molar-refractivity contribution >= 4 is 28.5 Å². The minimum atomic E-state index is -1.11. The summed E-state index contributed by atoms with van der Waals surface area (Å²) in [5.74, 6) is -1.34. The molecular weight excluding hydrogens is 322 g/mol. The van der Waals surface area contributed by atoms with Crippen molar-refractivity contribution in [1.82, 2.24) is 9.78 Å². The quantitative estimate of drug-likeness (QED) is 0.737. The molecule has 0 spiro atoms. The third kappa shape index (κ3) is 3.13. The van der Waals surface area contributed by atoms with Crippen LogP contribution < -0.4 is 5.32 Å². The predicted octanol–water partition coefficient (Wildman–Crippen LogP) is 3.72. The van der Waals surface area contributed by atoms with Crippen LogP contribution in [0.5, 0.6) is 0 Å². The minimum absolute atomic E-state index is 0.0148. The summed E-state index contributed by atoms with van der Waals surface area (Å²) in [5, 5.41) is 17.2. The number of rotatable bonds is 5. The highest BCUT2D eigenvalue weighted by Crippen LogP contribution is 2.23. The molecule has 0 saturated carbocycles. The maximum absolute atomic E-state index is 12.4. The Kier molecular flexibility index (Phi) is 4.31. The van der Waals surface area contributed by atoms with Gasteiger partial charge in [0.05, 0.1) is 11.7 Å². The van der Waals surface area contributed by atoms with Crippen molar-refractivity contribution in [3.63, 3.8) is 0 Å². The van der Waals surface area contributed by atoms with Crippen molar-refractivity contribution < 1.29 is 19.1 Å². The number of benzene rings is 1. The molecule has 0 aliphatic rings. The number of anilines is 1. The zero-order valence-corrected chi connectivity index (χ0v) is 14.2. The van der Waals surface area contributed by atoms with E-state index in [9.17, 15) is 9.59 Å². The van der Waals surface area contributed by atoms with Crippen LogP contribution >= 0.6 is 0 Å². The average Bonchev–Trinajstić information content (AvgIpc) is 3.18. The normalized spacial score (nSPS) is 11.2. The summed E-state index contributed by atoms with van der Waals surface area (Å²) in [6.07, 6.45) is 2.18. The van der Waals surface area contributed by atoms with Crippen molar-refractivity contribution in [3.8, 4) is 0 Å². The molecule has 2 N–H and O–H groups in total. The molecule has 0 aliphatic heterocycles. The van der Waals surface area contributed by atoms with Gasteiger partial charge in [-0.25, -0.2) is 4.79 Å². The van der Waals surface area contributed by atoms with Crippen LogP contribution in [0, 0.1) is 0 Å². The van der Waals surface area contributed by atoms with Crippen LogP contribution in [-0.4, -0.2) is 26.8 Å². The topological polar surface area (TPSA) is 97.4 Å². The van der Waals surface area contributed by atoms with Crippen molar-refractivity contribution in [2.24, 2.45) is 0 Å². The van der Waals surface area contributed by atoms with Gasteiger partial charge in [0.15, 0.2) is 5.76 Å². The minimum Gasteiger partial charge on any atom is -0.478 e. The van der Waals surface area contributed by atoms with E-state index < -0.39 is 11.9 Å². The van der Waals surface area contributed by atoms with Crippen LogP contribution in [0.15, 0.2) is 34.9 Å². The lowest BCUT2D eigenvalue weighted by Gasteiger charge is -2.08. The van der Waals surface area contributed by atoms with E-state index in [4.69, 9.17) is 9.52 Å². The summed E-state index contributed by atoms with van der Waals surface area (Å²) >= 11 is 0. The van der Waals surface area contributed by atoms with Crippen LogP contribution in [0.25, 0.3) is 10.9 Å². The maximum Gasteiger partial charge on any atom is 0.339 e. The fourth-order valence-electron chi connectivity index (χ4n) is 2.70. The number of carbonyl (C=O) groups excluding carboxylic acids is 1. The zero-order valence-electron chi connectivity index (χ0n) is 14.2. The fourth-order valence-corrected chi connectivity index (χ4v) is 2.70. The monoisotopic (exact) mass is 341 g/mol. The van der Waals surface area contributed by atoms with Crippen LogP contribution in [0.3, 0.4) is 0 Å². The first-order valence-corrected chi connectivity index (χ1v) is 8.05. The maximum atomic E-state index is 12.4. The fraction of sp³-hybridized carbons (Fsp3) is 0.278. The zero-order chi connectivity index (χ0) is 18.1. The summed E-state index contributed by atoms with van der Waals surface area (Å²) < 4.78 is 7.25. The van der Waals surface area contributed by atoms with Gasteiger partial charge in [-0.05, 0) is 32.0 Å². The Labute approximate surface area is 144 Å². The molecule has 0 saturated heterocycles. The van der Waals surface area contributed by atoms with E-state index in [2.05, 4.69) is 10.4 Å². The molecule has 2 heterocycles. The van der Waals surface area contributed by atoms with Gasteiger partial charge in [-0.15, -0.1) is 0 Å². The molecule has 0 atom stereocenters. The molecule has 3 rings (SSSR count). The van der Waals surface area contributed by atoms with Gasteiger partial charge >= 0.3 is 5.97 Å². The van der Waals surface area contributed by atoms with E-state index in [-0.39, 0.29) is 23.1 Å². The summed E-state index contributed by atoms with van der Waals surface area (Å²) in [4.78, 5) is 23.6. The van der Waals surface area contributed by atoms with Crippen LogP contribution in [0.1, 0.15) is 53.5 Å². The third-order valence-electron chi connectivity index (χ3n) is 3.93. The van der Waals surface area contributed by atoms with E-state index in [0.29, 0.717) is 12.1 Å². The van der Waals surface area contributed by atoms with Crippen molar-refractivity contribution in [1.29, 1.82) is 0 Å². The summed E-state index contributed by atoms with van der Waals surface area (Å²) in [6.45, 7) is 5.83. The number of aromatic nitrogens is 2. The Morgan fingerprint density at radius 1 is 1.32 bits per heavy atom. The number of nitrogens with zero attached hydrogens (tertiary/aromatic N) is 2. The van der Waals surface area contributed by atoms with Crippen LogP contribution in [0.4, 0.5) is 5.69 Å². The lowest BCUT2D eigenvalue weighted by Crippen LogP contribution is -2.11. The Balaban J connectivity index is 1.89. The number of carboxylic acid groups (broad SMARTS) is 1. The molecule has 0 unspecified atom stereocenters. The molecule has 0 radical (unpaired) electrons. The first kappa shape index (κ1) is 16.8. The van der Waals surface area contributed by atoms with Crippen LogP contribution in [0.2, 0.25) is 0 Å². The molecule has 7 nitrogen and oxygen atoms in total. The highest BCUT2D eigenvalue weighted by atomic mass is 16.4. The molecule has 0 aliphatic carbocycles. The summed E-state index contributed by atoms with van der Waals surface area (Å²) in [6, 6.07) is 6.93. The first-order valence-electron chi connectivity index (χ1n) is 8.05. The number of nitrogens with one attached hydrogen (secondary N) is 1. The molecular formula is C18H19N3O4. The number of aryl methyl sites for hydroxylation is 1. The van der Waals surface area contributed by atoms with Gasteiger partial charge in [-0.3, -0.25) is 9.48 Å². The lowest BCUT2D eigenvalue weighted by molar-refractivity contribution is 0.0694. The molecule has 25 heavy (non-hydrogen) atoms. The van der Waals surface area contributed by atoms with E-state index in [1.54, 1.807) is 19.2 Å². The number of furan rings is 1. The SMILES string of the molecule is CCc1oc(C(=O)Nc2ccc3cnn(C(C)C)c3c2)cc1C(=O)O. The number of hydrogen-bond donors (Lipinski definition) is 2. The Morgan fingerprint density at radius 2 is 2.08 bits per heavy atom.